The summed E-state index contributed by atoms with van der Waals surface area (Å²) in [7, 11) is 0. The van der Waals surface area contributed by atoms with Crippen molar-refractivity contribution in [1.29, 1.82) is 0 Å². The molecule has 0 saturated carbocycles. The molecule has 0 radical (unpaired) electrons. The summed E-state index contributed by atoms with van der Waals surface area (Å²) in [6, 6.07) is 16.5. The lowest BCUT2D eigenvalue weighted by Gasteiger charge is -2.23. The van der Waals surface area contributed by atoms with E-state index >= 15 is 0 Å². The number of nitrogens with zero attached hydrogens (tertiary/aromatic N) is 4. The minimum absolute atomic E-state index is 0.660. The zero-order valence-corrected chi connectivity index (χ0v) is 15.4. The first-order valence-corrected chi connectivity index (χ1v) is 9.16. The first-order valence-electron chi connectivity index (χ1n) is 9.16. The molecule has 5 nitrogen and oxygen atoms in total. The Balaban J connectivity index is 1.68. The Morgan fingerprint density at radius 1 is 1.00 bits per heavy atom. The average Bonchev–Trinajstić information content (AvgIpc) is 2.69. The maximum atomic E-state index is 4.32. The van der Waals surface area contributed by atoms with Gasteiger partial charge in [0.1, 0.15) is 0 Å². The molecule has 0 aliphatic carbocycles. The van der Waals surface area contributed by atoms with Crippen LogP contribution in [0.4, 0.5) is 11.5 Å². The third-order valence-electron chi connectivity index (χ3n) is 4.20. The van der Waals surface area contributed by atoms with Crippen LogP contribution in [-0.2, 0) is 0 Å². The first kappa shape index (κ1) is 17.9. The second kappa shape index (κ2) is 8.94. The van der Waals surface area contributed by atoms with Crippen molar-refractivity contribution in [2.45, 2.75) is 26.7 Å². The van der Waals surface area contributed by atoms with Gasteiger partial charge in [-0.3, -0.25) is 5.43 Å². The molecule has 3 rings (SSSR count). The van der Waals surface area contributed by atoms with Crippen molar-refractivity contribution in [3.63, 3.8) is 0 Å². The average molecular weight is 347 g/mol. The minimum atomic E-state index is 0.660. The molecule has 0 spiro atoms. The minimum Gasteiger partial charge on any atom is -0.372 e. The van der Waals surface area contributed by atoms with E-state index in [1.54, 1.807) is 12.4 Å². The quantitative estimate of drug-likeness (QED) is 0.474. The molecule has 26 heavy (non-hydrogen) atoms. The fraction of sp³-hybridized carbons (Fsp3) is 0.286. The smallest absolute Gasteiger partial charge is 0.176 e. The predicted molar refractivity (Wildman–Crippen MR) is 110 cm³/mol. The van der Waals surface area contributed by atoms with Crippen LogP contribution in [0.3, 0.4) is 0 Å². The standard InChI is InChI=1S/C21H25N5/c1-3-13-26(14-4-2)19-11-9-17(10-12-19)15-22-24-21-20-8-6-5-7-18(20)16-23-25-21/h5-12,15-16H,3-4,13-14H2,1-2H3,(H,24,25). The lowest BCUT2D eigenvalue weighted by molar-refractivity contribution is 0.745. The Labute approximate surface area is 154 Å². The molecule has 0 fully saturated rings. The Kier molecular flexibility index (Phi) is 6.14. The van der Waals surface area contributed by atoms with Crippen molar-refractivity contribution in [3.05, 3.63) is 60.3 Å². The summed E-state index contributed by atoms with van der Waals surface area (Å²) >= 11 is 0. The van der Waals surface area contributed by atoms with Gasteiger partial charge in [0.05, 0.1) is 12.4 Å². The lowest BCUT2D eigenvalue weighted by Crippen LogP contribution is -2.24. The van der Waals surface area contributed by atoms with Crippen LogP contribution in [0.5, 0.6) is 0 Å². The third-order valence-corrected chi connectivity index (χ3v) is 4.20. The molecule has 0 aliphatic heterocycles. The Bertz CT molecular complexity index is 846. The van der Waals surface area contributed by atoms with E-state index in [0.29, 0.717) is 5.82 Å². The molecule has 0 unspecified atom stereocenters. The van der Waals surface area contributed by atoms with Crippen LogP contribution in [0.15, 0.2) is 59.8 Å². The SMILES string of the molecule is CCCN(CCC)c1ccc(C=NNc2nncc3ccccc23)cc1. The van der Waals surface area contributed by atoms with Crippen LogP contribution < -0.4 is 10.3 Å². The van der Waals surface area contributed by atoms with Gasteiger partial charge >= 0.3 is 0 Å². The third kappa shape index (κ3) is 4.36. The maximum Gasteiger partial charge on any atom is 0.176 e. The van der Waals surface area contributed by atoms with E-state index in [9.17, 15) is 0 Å². The molecule has 1 N–H and O–H groups in total. The Morgan fingerprint density at radius 3 is 2.46 bits per heavy atom. The van der Waals surface area contributed by atoms with Gasteiger partial charge in [0.2, 0.25) is 0 Å². The van der Waals surface area contributed by atoms with Crippen molar-refractivity contribution in [1.82, 2.24) is 10.2 Å². The number of aromatic nitrogens is 2. The number of benzene rings is 2. The van der Waals surface area contributed by atoms with Crippen molar-refractivity contribution in [2.75, 3.05) is 23.4 Å². The molecule has 0 saturated heterocycles. The van der Waals surface area contributed by atoms with Crippen molar-refractivity contribution < 1.29 is 0 Å². The largest absolute Gasteiger partial charge is 0.372 e. The van der Waals surface area contributed by atoms with Crippen LogP contribution in [0.25, 0.3) is 10.8 Å². The molecular formula is C21H25N5. The molecule has 2 aromatic carbocycles. The number of hydrazone groups is 1. The number of hydrogen-bond donors (Lipinski definition) is 1. The van der Waals surface area contributed by atoms with E-state index in [2.05, 4.69) is 63.7 Å². The number of hydrogen-bond acceptors (Lipinski definition) is 5. The summed E-state index contributed by atoms with van der Waals surface area (Å²) in [6.07, 6.45) is 5.86. The molecule has 1 heterocycles. The summed E-state index contributed by atoms with van der Waals surface area (Å²) in [4.78, 5) is 2.42. The highest BCUT2D eigenvalue weighted by molar-refractivity contribution is 5.91. The normalized spacial score (nSPS) is 11.2. The highest BCUT2D eigenvalue weighted by Crippen LogP contribution is 2.19. The van der Waals surface area contributed by atoms with Crippen molar-refractivity contribution in [3.8, 4) is 0 Å². The van der Waals surface area contributed by atoms with Gasteiger partial charge in [0, 0.05) is 29.5 Å². The molecule has 5 heteroatoms. The topological polar surface area (TPSA) is 53.4 Å². The van der Waals surface area contributed by atoms with E-state index in [4.69, 9.17) is 0 Å². The summed E-state index contributed by atoms with van der Waals surface area (Å²) < 4.78 is 0. The van der Waals surface area contributed by atoms with Gasteiger partial charge in [0.25, 0.3) is 0 Å². The number of nitrogens with one attached hydrogen (secondary N) is 1. The van der Waals surface area contributed by atoms with Crippen molar-refractivity contribution in [2.24, 2.45) is 5.10 Å². The molecule has 134 valence electrons. The van der Waals surface area contributed by atoms with E-state index in [1.807, 2.05) is 24.3 Å². The molecule has 0 amide bonds. The van der Waals surface area contributed by atoms with Crippen LogP contribution in [-0.4, -0.2) is 29.5 Å². The molecule has 0 aliphatic rings. The van der Waals surface area contributed by atoms with Gasteiger partial charge < -0.3 is 4.90 Å². The zero-order valence-electron chi connectivity index (χ0n) is 15.4. The molecular weight excluding hydrogens is 322 g/mol. The number of anilines is 2. The van der Waals surface area contributed by atoms with Crippen molar-refractivity contribution >= 4 is 28.5 Å². The molecule has 3 aromatic rings. The predicted octanol–water partition coefficient (Wildman–Crippen LogP) is 4.70. The molecule has 0 atom stereocenters. The van der Waals surface area contributed by atoms with Crippen LogP contribution in [0.2, 0.25) is 0 Å². The second-order valence-electron chi connectivity index (χ2n) is 6.23. The second-order valence-corrected chi connectivity index (χ2v) is 6.23. The van der Waals surface area contributed by atoms with Crippen LogP contribution >= 0.6 is 0 Å². The number of rotatable bonds is 8. The first-order chi connectivity index (χ1) is 12.8. The maximum absolute atomic E-state index is 4.32. The van der Waals surface area contributed by atoms with E-state index in [-0.39, 0.29) is 0 Å². The summed E-state index contributed by atoms with van der Waals surface area (Å²) in [5.41, 5.74) is 5.31. The van der Waals surface area contributed by atoms with E-state index in [1.165, 1.54) is 5.69 Å². The van der Waals surface area contributed by atoms with Crippen LogP contribution in [0.1, 0.15) is 32.3 Å². The summed E-state index contributed by atoms with van der Waals surface area (Å²) in [6.45, 7) is 6.60. The van der Waals surface area contributed by atoms with Gasteiger partial charge in [0.15, 0.2) is 5.82 Å². The van der Waals surface area contributed by atoms with E-state index < -0.39 is 0 Å². The van der Waals surface area contributed by atoms with Gasteiger partial charge in [-0.2, -0.15) is 10.2 Å². The Hall–Kier alpha value is -2.95. The van der Waals surface area contributed by atoms with Gasteiger partial charge in [-0.15, -0.1) is 5.10 Å². The highest BCUT2D eigenvalue weighted by atomic mass is 15.3. The summed E-state index contributed by atoms with van der Waals surface area (Å²) in [5, 5.41) is 14.5. The summed E-state index contributed by atoms with van der Waals surface area (Å²) in [5.74, 6) is 0.660. The van der Waals surface area contributed by atoms with Crippen LogP contribution in [0, 0.1) is 0 Å². The van der Waals surface area contributed by atoms with Gasteiger partial charge in [-0.1, -0.05) is 50.2 Å². The van der Waals surface area contributed by atoms with E-state index in [0.717, 1.165) is 42.3 Å². The molecule has 1 aromatic heterocycles. The van der Waals surface area contributed by atoms with Gasteiger partial charge in [-0.25, -0.2) is 0 Å². The highest BCUT2D eigenvalue weighted by Gasteiger charge is 2.04. The lowest BCUT2D eigenvalue weighted by atomic mass is 10.2. The molecule has 0 bridgehead atoms. The fourth-order valence-electron chi connectivity index (χ4n) is 2.96. The Morgan fingerprint density at radius 2 is 1.73 bits per heavy atom. The van der Waals surface area contributed by atoms with Gasteiger partial charge in [-0.05, 0) is 30.5 Å². The number of fused-ring (bicyclic) bond motifs is 1. The zero-order chi connectivity index (χ0) is 18.2. The fourth-order valence-corrected chi connectivity index (χ4v) is 2.96. The monoisotopic (exact) mass is 347 g/mol.